The molecule has 0 aromatic rings. The molecular formula is C14H21N3O. The number of hydrogen-bond donors (Lipinski definition) is 0. The molecule has 2 heterocycles. The Kier molecular flexibility index (Phi) is 2.82. The molecule has 0 N–H and O–H groups in total. The summed E-state index contributed by atoms with van der Waals surface area (Å²) in [6, 6.07) is 3.03. The van der Waals surface area contributed by atoms with Gasteiger partial charge < -0.3 is 4.90 Å². The van der Waals surface area contributed by atoms with Gasteiger partial charge in [0.15, 0.2) is 0 Å². The van der Waals surface area contributed by atoms with Gasteiger partial charge in [-0.25, -0.2) is 0 Å². The van der Waals surface area contributed by atoms with E-state index in [2.05, 4.69) is 22.8 Å². The molecule has 0 aromatic carbocycles. The van der Waals surface area contributed by atoms with E-state index >= 15 is 0 Å². The van der Waals surface area contributed by atoms with E-state index in [1.54, 1.807) is 0 Å². The summed E-state index contributed by atoms with van der Waals surface area (Å²) < 4.78 is 0. The van der Waals surface area contributed by atoms with Crippen LogP contribution in [0.2, 0.25) is 0 Å². The van der Waals surface area contributed by atoms with Gasteiger partial charge in [-0.05, 0) is 38.6 Å². The average molecular weight is 247 g/mol. The van der Waals surface area contributed by atoms with E-state index in [0.29, 0.717) is 12.1 Å². The van der Waals surface area contributed by atoms with Crippen LogP contribution in [0.1, 0.15) is 39.0 Å². The maximum atomic E-state index is 12.7. The standard InChI is InChI=1S/C14H21N3O/c1-2-16-8-11-4-5-12(9-16)17(11)13(18)14(10-15)6-3-7-14/h11-12H,2-9H2,1H3. The number of nitriles is 1. The molecule has 2 aliphatic heterocycles. The molecule has 98 valence electrons. The van der Waals surface area contributed by atoms with Crippen LogP contribution in [0, 0.1) is 16.7 Å². The Bertz CT molecular complexity index is 382. The second-order valence-corrected chi connectivity index (χ2v) is 6.00. The Balaban J connectivity index is 1.78. The number of nitrogens with zero attached hydrogens (tertiary/aromatic N) is 3. The third-order valence-electron chi connectivity index (χ3n) is 5.07. The van der Waals surface area contributed by atoms with Crippen LogP contribution in [0.25, 0.3) is 0 Å². The van der Waals surface area contributed by atoms with Gasteiger partial charge in [-0.3, -0.25) is 9.69 Å². The summed E-state index contributed by atoms with van der Waals surface area (Å²) in [5.41, 5.74) is -0.658. The fourth-order valence-corrected chi connectivity index (χ4v) is 3.73. The Morgan fingerprint density at radius 1 is 1.33 bits per heavy atom. The Morgan fingerprint density at radius 3 is 2.33 bits per heavy atom. The van der Waals surface area contributed by atoms with Crippen molar-refractivity contribution in [3.8, 4) is 6.07 Å². The third-order valence-corrected chi connectivity index (χ3v) is 5.07. The number of carbonyl (C=O) groups is 1. The fourth-order valence-electron chi connectivity index (χ4n) is 3.73. The van der Waals surface area contributed by atoms with Crippen LogP contribution in [-0.2, 0) is 4.79 Å². The molecular weight excluding hydrogens is 226 g/mol. The molecule has 2 bridgehead atoms. The van der Waals surface area contributed by atoms with Gasteiger partial charge in [0.05, 0.1) is 6.07 Å². The number of amides is 1. The van der Waals surface area contributed by atoms with Crippen molar-refractivity contribution in [2.75, 3.05) is 19.6 Å². The van der Waals surface area contributed by atoms with Crippen molar-refractivity contribution >= 4 is 5.91 Å². The van der Waals surface area contributed by atoms with Crippen molar-refractivity contribution in [2.24, 2.45) is 5.41 Å². The van der Waals surface area contributed by atoms with Crippen molar-refractivity contribution in [3.63, 3.8) is 0 Å². The molecule has 0 spiro atoms. The molecule has 1 amide bonds. The molecule has 3 rings (SSSR count). The summed E-state index contributed by atoms with van der Waals surface area (Å²) in [4.78, 5) is 17.2. The zero-order valence-corrected chi connectivity index (χ0v) is 11.1. The second kappa shape index (κ2) is 4.24. The van der Waals surface area contributed by atoms with Gasteiger partial charge in [-0.2, -0.15) is 5.26 Å². The van der Waals surface area contributed by atoms with Crippen molar-refractivity contribution < 1.29 is 4.79 Å². The Hall–Kier alpha value is -1.08. The predicted molar refractivity (Wildman–Crippen MR) is 67.7 cm³/mol. The minimum atomic E-state index is -0.658. The van der Waals surface area contributed by atoms with Gasteiger partial charge in [0, 0.05) is 25.2 Å². The number of fused-ring (bicyclic) bond motifs is 2. The van der Waals surface area contributed by atoms with Gasteiger partial charge >= 0.3 is 0 Å². The fraction of sp³-hybridized carbons (Fsp3) is 0.857. The molecule has 2 saturated heterocycles. The number of rotatable bonds is 2. The first-order valence-corrected chi connectivity index (χ1v) is 7.16. The van der Waals surface area contributed by atoms with Gasteiger partial charge in [0.25, 0.3) is 0 Å². The maximum absolute atomic E-state index is 12.7. The van der Waals surface area contributed by atoms with Crippen LogP contribution in [0.5, 0.6) is 0 Å². The minimum Gasteiger partial charge on any atom is -0.333 e. The van der Waals surface area contributed by atoms with Gasteiger partial charge in [-0.1, -0.05) is 6.92 Å². The molecule has 1 saturated carbocycles. The van der Waals surface area contributed by atoms with Crippen molar-refractivity contribution in [1.82, 2.24) is 9.80 Å². The van der Waals surface area contributed by atoms with E-state index in [9.17, 15) is 10.1 Å². The smallest absolute Gasteiger partial charge is 0.243 e. The van der Waals surface area contributed by atoms with Gasteiger partial charge in [0.2, 0.25) is 5.91 Å². The molecule has 4 nitrogen and oxygen atoms in total. The summed E-state index contributed by atoms with van der Waals surface area (Å²) in [6.07, 6.45) is 4.82. The number of hydrogen-bond acceptors (Lipinski definition) is 3. The van der Waals surface area contributed by atoms with Crippen molar-refractivity contribution in [1.29, 1.82) is 5.26 Å². The number of carbonyl (C=O) groups excluding carboxylic acids is 1. The quantitative estimate of drug-likeness (QED) is 0.740. The lowest BCUT2D eigenvalue weighted by Crippen LogP contribution is -2.59. The van der Waals surface area contributed by atoms with Gasteiger partial charge in [-0.15, -0.1) is 0 Å². The highest BCUT2D eigenvalue weighted by Crippen LogP contribution is 2.44. The summed E-state index contributed by atoms with van der Waals surface area (Å²) in [7, 11) is 0. The zero-order valence-electron chi connectivity index (χ0n) is 11.1. The summed E-state index contributed by atoms with van der Waals surface area (Å²) in [5, 5.41) is 9.32. The normalized spacial score (nSPS) is 33.9. The molecule has 2 unspecified atom stereocenters. The van der Waals surface area contributed by atoms with Crippen LogP contribution in [0.4, 0.5) is 0 Å². The van der Waals surface area contributed by atoms with E-state index in [1.165, 1.54) is 0 Å². The lowest BCUT2D eigenvalue weighted by Gasteiger charge is -2.46. The molecule has 18 heavy (non-hydrogen) atoms. The first-order valence-electron chi connectivity index (χ1n) is 7.16. The SMILES string of the molecule is CCN1CC2CCC(C1)N2C(=O)C1(C#N)CCC1. The van der Waals surface area contributed by atoms with Crippen molar-refractivity contribution in [3.05, 3.63) is 0 Å². The van der Waals surface area contributed by atoms with E-state index in [0.717, 1.165) is 51.7 Å². The Morgan fingerprint density at radius 2 is 1.94 bits per heavy atom. The highest BCUT2D eigenvalue weighted by atomic mass is 16.2. The maximum Gasteiger partial charge on any atom is 0.243 e. The number of likely N-dealkylation sites (N-methyl/N-ethyl adjacent to an activating group) is 1. The van der Waals surface area contributed by atoms with Crippen LogP contribution >= 0.6 is 0 Å². The third kappa shape index (κ3) is 1.57. The highest BCUT2D eigenvalue weighted by Gasteiger charge is 2.52. The van der Waals surface area contributed by atoms with E-state index in [-0.39, 0.29) is 5.91 Å². The molecule has 4 heteroatoms. The minimum absolute atomic E-state index is 0.138. The molecule has 3 aliphatic rings. The Labute approximate surface area is 109 Å². The van der Waals surface area contributed by atoms with Crippen molar-refractivity contribution in [2.45, 2.75) is 51.1 Å². The number of piperazine rings is 1. The monoisotopic (exact) mass is 247 g/mol. The summed E-state index contributed by atoms with van der Waals surface area (Å²) in [5.74, 6) is 0.138. The largest absolute Gasteiger partial charge is 0.333 e. The molecule has 2 atom stereocenters. The van der Waals surface area contributed by atoms with E-state index < -0.39 is 5.41 Å². The predicted octanol–water partition coefficient (Wildman–Crippen LogP) is 1.38. The van der Waals surface area contributed by atoms with E-state index in [1.807, 2.05) is 0 Å². The van der Waals surface area contributed by atoms with Crippen LogP contribution in [0.3, 0.4) is 0 Å². The first-order chi connectivity index (χ1) is 8.70. The average Bonchev–Trinajstić information content (AvgIpc) is 2.59. The molecule has 3 fully saturated rings. The summed E-state index contributed by atoms with van der Waals surface area (Å²) in [6.45, 7) is 5.25. The second-order valence-electron chi connectivity index (χ2n) is 6.00. The van der Waals surface area contributed by atoms with Crippen LogP contribution in [0.15, 0.2) is 0 Å². The van der Waals surface area contributed by atoms with Crippen LogP contribution < -0.4 is 0 Å². The zero-order chi connectivity index (χ0) is 12.8. The molecule has 0 aromatic heterocycles. The molecule has 1 aliphatic carbocycles. The van der Waals surface area contributed by atoms with Crippen LogP contribution in [-0.4, -0.2) is 47.4 Å². The topological polar surface area (TPSA) is 47.3 Å². The lowest BCUT2D eigenvalue weighted by atomic mass is 9.68. The van der Waals surface area contributed by atoms with Gasteiger partial charge in [0.1, 0.15) is 5.41 Å². The first kappa shape index (κ1) is 12.0. The van der Waals surface area contributed by atoms with E-state index in [4.69, 9.17) is 0 Å². The molecule has 0 radical (unpaired) electrons. The summed E-state index contributed by atoms with van der Waals surface area (Å²) >= 11 is 0. The lowest BCUT2D eigenvalue weighted by molar-refractivity contribution is -0.149. The highest BCUT2D eigenvalue weighted by molar-refractivity contribution is 5.87. The number of likely N-dealkylation sites (tertiary alicyclic amines) is 1.